The lowest BCUT2D eigenvalue weighted by Gasteiger charge is -2.52. The molecule has 1 aliphatic heterocycles. The Morgan fingerprint density at radius 2 is 2.07 bits per heavy atom. The molecule has 3 atom stereocenters. The van der Waals surface area contributed by atoms with Gasteiger partial charge in [-0.1, -0.05) is 26.6 Å². The van der Waals surface area contributed by atoms with Gasteiger partial charge < -0.3 is 4.74 Å². The zero-order chi connectivity index (χ0) is 10.6. The highest BCUT2D eigenvalue weighted by molar-refractivity contribution is 6.81. The van der Waals surface area contributed by atoms with E-state index in [4.69, 9.17) is 4.74 Å². The second-order valence-corrected chi connectivity index (χ2v) is 11.3. The molecule has 0 bridgehead atoms. The minimum absolute atomic E-state index is 0.0401. The van der Waals surface area contributed by atoms with Gasteiger partial charge in [-0.3, -0.25) is 4.79 Å². The van der Waals surface area contributed by atoms with Crippen LogP contribution >= 0.6 is 0 Å². The zero-order valence-electron chi connectivity index (χ0n) is 9.59. The molecule has 14 heavy (non-hydrogen) atoms. The maximum Gasteiger partial charge on any atom is 0.310 e. The number of hydrogen-bond acceptors (Lipinski definition) is 2. The predicted molar refractivity (Wildman–Crippen MR) is 58.9 cm³/mol. The molecule has 0 radical (unpaired) electrons. The molecule has 2 nitrogen and oxygen atoms in total. The highest BCUT2D eigenvalue weighted by Gasteiger charge is 2.64. The highest BCUT2D eigenvalue weighted by Crippen LogP contribution is 2.57. The van der Waals surface area contributed by atoms with Crippen LogP contribution in [0.1, 0.15) is 26.2 Å². The van der Waals surface area contributed by atoms with Gasteiger partial charge in [0.1, 0.15) is 5.60 Å². The Labute approximate surface area is 87.0 Å². The first-order valence-corrected chi connectivity index (χ1v) is 9.18. The summed E-state index contributed by atoms with van der Waals surface area (Å²) in [7, 11) is -1.39. The van der Waals surface area contributed by atoms with Crippen molar-refractivity contribution in [2.45, 2.75) is 57.0 Å². The Kier molecular flexibility index (Phi) is 2.07. The van der Waals surface area contributed by atoms with E-state index in [1.54, 1.807) is 0 Å². The summed E-state index contributed by atoms with van der Waals surface area (Å²) in [5.74, 6) is 0.662. The number of ether oxygens (including phenoxy) is 1. The van der Waals surface area contributed by atoms with Crippen LogP contribution < -0.4 is 0 Å². The standard InChI is InChI=1S/C11H20O2Si/c1-8-6-5-7-11(8)9(10(12)13-11)14(2,3)4/h8-9H,5-7H2,1-4H3. The second-order valence-electron chi connectivity index (χ2n) is 5.97. The average Bonchev–Trinajstić information content (AvgIpc) is 2.29. The van der Waals surface area contributed by atoms with Crippen molar-refractivity contribution in [2.24, 2.45) is 5.92 Å². The molecular weight excluding hydrogens is 192 g/mol. The molecule has 3 heteroatoms. The monoisotopic (exact) mass is 212 g/mol. The third-order valence-electron chi connectivity index (χ3n) is 3.92. The molecule has 0 aromatic rings. The first-order valence-electron chi connectivity index (χ1n) is 5.61. The fraction of sp³-hybridized carbons (Fsp3) is 0.909. The maximum absolute atomic E-state index is 11.6. The van der Waals surface area contributed by atoms with Crippen LogP contribution in [0.3, 0.4) is 0 Å². The molecule has 0 aromatic heterocycles. The van der Waals surface area contributed by atoms with E-state index in [1.807, 2.05) is 0 Å². The summed E-state index contributed by atoms with van der Waals surface area (Å²) in [6.07, 6.45) is 3.57. The second kappa shape index (κ2) is 2.84. The molecule has 2 rings (SSSR count). The van der Waals surface area contributed by atoms with Gasteiger partial charge >= 0.3 is 5.97 Å². The molecule has 0 amide bonds. The summed E-state index contributed by atoms with van der Waals surface area (Å²) in [4.78, 5) is 11.6. The first-order chi connectivity index (χ1) is 6.38. The van der Waals surface area contributed by atoms with Gasteiger partial charge in [0.15, 0.2) is 0 Å². The number of esters is 1. The molecule has 0 N–H and O–H groups in total. The summed E-state index contributed by atoms with van der Waals surface area (Å²) in [6.45, 7) is 9.09. The lowest BCUT2D eigenvalue weighted by atomic mass is 9.84. The molecule has 3 unspecified atom stereocenters. The topological polar surface area (TPSA) is 26.3 Å². The quantitative estimate of drug-likeness (QED) is 0.493. The zero-order valence-corrected chi connectivity index (χ0v) is 10.6. The van der Waals surface area contributed by atoms with Crippen LogP contribution in [0.2, 0.25) is 25.2 Å². The van der Waals surface area contributed by atoms with Gasteiger partial charge in [0, 0.05) is 0 Å². The summed E-state index contributed by atoms with van der Waals surface area (Å²) in [6, 6.07) is 0. The molecule has 1 heterocycles. The van der Waals surface area contributed by atoms with Crippen molar-refractivity contribution < 1.29 is 9.53 Å². The van der Waals surface area contributed by atoms with Crippen LogP contribution in [-0.4, -0.2) is 19.6 Å². The summed E-state index contributed by atoms with van der Waals surface area (Å²) >= 11 is 0. The third-order valence-corrected chi connectivity index (χ3v) is 6.38. The minimum atomic E-state index is -1.39. The van der Waals surface area contributed by atoms with Crippen LogP contribution in [0.5, 0.6) is 0 Å². The molecule has 1 saturated heterocycles. The number of rotatable bonds is 1. The van der Waals surface area contributed by atoms with Crippen molar-refractivity contribution in [1.29, 1.82) is 0 Å². The summed E-state index contributed by atoms with van der Waals surface area (Å²) < 4.78 is 5.53. The van der Waals surface area contributed by atoms with Gasteiger partial charge in [-0.05, 0) is 25.2 Å². The van der Waals surface area contributed by atoms with E-state index in [2.05, 4.69) is 26.6 Å². The Bertz CT molecular complexity index is 269. The number of hydrogen-bond donors (Lipinski definition) is 0. The van der Waals surface area contributed by atoms with Crippen molar-refractivity contribution >= 4 is 14.0 Å². The Morgan fingerprint density at radius 3 is 2.43 bits per heavy atom. The molecule has 80 valence electrons. The predicted octanol–water partition coefficient (Wildman–Crippen LogP) is 2.81. The highest BCUT2D eigenvalue weighted by atomic mass is 28.3. The fourth-order valence-corrected chi connectivity index (χ4v) is 6.01. The molecule has 0 aromatic carbocycles. The Morgan fingerprint density at radius 1 is 1.43 bits per heavy atom. The van der Waals surface area contributed by atoms with Crippen LogP contribution in [0.15, 0.2) is 0 Å². The molecular formula is C11H20O2Si. The molecule has 1 aliphatic carbocycles. The van der Waals surface area contributed by atoms with Gasteiger partial charge in [0.25, 0.3) is 0 Å². The van der Waals surface area contributed by atoms with E-state index in [-0.39, 0.29) is 17.1 Å². The van der Waals surface area contributed by atoms with Crippen molar-refractivity contribution in [1.82, 2.24) is 0 Å². The van der Waals surface area contributed by atoms with Crippen molar-refractivity contribution in [3.63, 3.8) is 0 Å². The van der Waals surface area contributed by atoms with Crippen molar-refractivity contribution in [3.05, 3.63) is 0 Å². The van der Waals surface area contributed by atoms with E-state index >= 15 is 0 Å². The van der Waals surface area contributed by atoms with Gasteiger partial charge in [-0.2, -0.15) is 0 Å². The minimum Gasteiger partial charge on any atom is -0.458 e. The van der Waals surface area contributed by atoms with Gasteiger partial charge in [-0.15, -0.1) is 0 Å². The van der Waals surface area contributed by atoms with E-state index in [0.29, 0.717) is 5.92 Å². The maximum atomic E-state index is 11.6. The normalized spacial score (nSPS) is 42.4. The average molecular weight is 212 g/mol. The molecule has 2 fully saturated rings. The van der Waals surface area contributed by atoms with Gasteiger partial charge in [0.05, 0.1) is 13.6 Å². The first kappa shape index (κ1) is 10.2. The number of carbonyl (C=O) groups excluding carboxylic acids is 1. The van der Waals surface area contributed by atoms with Crippen LogP contribution in [0, 0.1) is 5.92 Å². The van der Waals surface area contributed by atoms with Gasteiger partial charge in [0.2, 0.25) is 0 Å². The lowest BCUT2D eigenvalue weighted by molar-refractivity contribution is -0.197. The Balaban J connectivity index is 2.27. The fourth-order valence-electron chi connectivity index (χ4n) is 3.29. The van der Waals surface area contributed by atoms with Gasteiger partial charge in [-0.25, -0.2) is 0 Å². The van der Waals surface area contributed by atoms with E-state index in [1.165, 1.54) is 12.8 Å². The smallest absolute Gasteiger partial charge is 0.310 e. The van der Waals surface area contributed by atoms with E-state index in [0.717, 1.165) is 6.42 Å². The van der Waals surface area contributed by atoms with Crippen LogP contribution in [-0.2, 0) is 9.53 Å². The lowest BCUT2D eigenvalue weighted by Crippen LogP contribution is -2.63. The van der Waals surface area contributed by atoms with Crippen LogP contribution in [0.4, 0.5) is 0 Å². The van der Waals surface area contributed by atoms with Crippen LogP contribution in [0.25, 0.3) is 0 Å². The Hall–Kier alpha value is -0.313. The summed E-state index contributed by atoms with van der Waals surface area (Å²) in [5, 5.41) is 0. The van der Waals surface area contributed by atoms with Crippen molar-refractivity contribution in [3.8, 4) is 0 Å². The van der Waals surface area contributed by atoms with E-state index in [9.17, 15) is 4.79 Å². The van der Waals surface area contributed by atoms with E-state index < -0.39 is 8.07 Å². The SMILES string of the molecule is CC1CCCC12OC(=O)C2[Si](C)(C)C. The third kappa shape index (κ3) is 1.18. The number of carbonyl (C=O) groups is 1. The summed E-state index contributed by atoms with van der Waals surface area (Å²) in [5.41, 5.74) is 0.217. The van der Waals surface area contributed by atoms with Crippen molar-refractivity contribution in [2.75, 3.05) is 0 Å². The largest absolute Gasteiger partial charge is 0.458 e. The molecule has 2 aliphatic rings. The molecule has 1 saturated carbocycles. The molecule has 1 spiro atoms.